The van der Waals surface area contributed by atoms with E-state index in [2.05, 4.69) is 6.58 Å². The molecule has 2 aliphatic rings. The molecule has 0 radical (unpaired) electrons. The second-order valence-electron chi connectivity index (χ2n) is 8.24. The number of rotatable bonds is 8. The van der Waals surface area contributed by atoms with Gasteiger partial charge < -0.3 is 59.4 Å². The van der Waals surface area contributed by atoms with Crippen LogP contribution in [0.1, 0.15) is 17.3 Å². The zero-order chi connectivity index (χ0) is 26.0. The number of carbonyl (C=O) groups is 1. The molecule has 0 amide bonds. The second kappa shape index (κ2) is 11.2. The van der Waals surface area contributed by atoms with E-state index in [1.807, 2.05) is 0 Å². The van der Waals surface area contributed by atoms with Crippen LogP contribution in [-0.2, 0) is 14.2 Å². The molecule has 2 aliphatic heterocycles. The van der Waals surface area contributed by atoms with E-state index in [1.165, 1.54) is 20.1 Å². The third kappa shape index (κ3) is 5.58. The Morgan fingerprint density at radius 2 is 1.60 bits per heavy atom. The summed E-state index contributed by atoms with van der Waals surface area (Å²) >= 11 is 0. The Labute approximate surface area is 200 Å². The quantitative estimate of drug-likeness (QED) is 0.149. The van der Waals surface area contributed by atoms with Gasteiger partial charge in [-0.1, -0.05) is 6.58 Å². The van der Waals surface area contributed by atoms with Gasteiger partial charge >= 0.3 is 0 Å². The summed E-state index contributed by atoms with van der Waals surface area (Å²) in [6.45, 7) is 4.35. The van der Waals surface area contributed by atoms with Crippen LogP contribution in [0.15, 0.2) is 24.8 Å². The number of methoxy groups -OCH3 is 1. The number of benzene rings is 1. The van der Waals surface area contributed by atoms with Crippen LogP contribution >= 0.6 is 0 Å². The number of carbonyl (C=O) groups excluding carboxylic acids is 1. The summed E-state index contributed by atoms with van der Waals surface area (Å²) in [4.78, 5) is 12.0. The number of aromatic hydroxyl groups is 1. The maximum Gasteiger partial charge on any atom is 0.229 e. The van der Waals surface area contributed by atoms with Gasteiger partial charge in [0.25, 0.3) is 0 Å². The first-order valence-electron chi connectivity index (χ1n) is 10.8. The van der Waals surface area contributed by atoms with Crippen molar-refractivity contribution < 1.29 is 64.2 Å². The van der Waals surface area contributed by atoms with Crippen molar-refractivity contribution >= 4 is 5.78 Å². The van der Waals surface area contributed by atoms with E-state index in [9.17, 15) is 40.5 Å². The minimum absolute atomic E-state index is 0.0473. The van der Waals surface area contributed by atoms with Gasteiger partial charge in [-0.2, -0.15) is 0 Å². The summed E-state index contributed by atoms with van der Waals surface area (Å²) in [5, 5.41) is 70.9. The summed E-state index contributed by atoms with van der Waals surface area (Å²) in [7, 11) is 1.26. The van der Waals surface area contributed by atoms with Crippen LogP contribution < -0.4 is 9.47 Å². The van der Waals surface area contributed by atoms with Crippen molar-refractivity contribution in [2.45, 2.75) is 68.3 Å². The predicted octanol–water partition coefficient (Wildman–Crippen LogP) is -2.20. The third-order valence-electron chi connectivity index (χ3n) is 5.86. The van der Waals surface area contributed by atoms with Gasteiger partial charge in [-0.05, 0) is 13.0 Å². The van der Waals surface area contributed by atoms with Crippen molar-refractivity contribution in [2.24, 2.45) is 0 Å². The van der Waals surface area contributed by atoms with E-state index < -0.39 is 79.6 Å². The van der Waals surface area contributed by atoms with E-state index in [4.69, 9.17) is 23.7 Å². The SMILES string of the molecule is C=CC(=O)c1c(O)cc(O[C@@H]2O[C@H](CO[C@H]3O[C@H](C)[C@@H](O)[C@H](O)[C@@H]3O)[C@@H](O)[C@H](O)[C@H]2O)cc1OC. The molecule has 0 bridgehead atoms. The fraction of sp³-hybridized carbons (Fsp3) is 0.591. The van der Waals surface area contributed by atoms with Crippen molar-refractivity contribution in [1.82, 2.24) is 0 Å². The maximum atomic E-state index is 12.0. The van der Waals surface area contributed by atoms with Crippen molar-refractivity contribution in [3.05, 3.63) is 30.4 Å². The number of ether oxygens (including phenoxy) is 5. The minimum atomic E-state index is -1.73. The summed E-state index contributed by atoms with van der Waals surface area (Å²) < 4.78 is 26.9. The lowest BCUT2D eigenvalue weighted by Gasteiger charge is -2.42. The fourth-order valence-electron chi connectivity index (χ4n) is 3.78. The zero-order valence-electron chi connectivity index (χ0n) is 19.0. The van der Waals surface area contributed by atoms with E-state index in [-0.39, 0.29) is 17.1 Å². The van der Waals surface area contributed by atoms with Crippen LogP contribution in [-0.4, -0.2) is 117 Å². The van der Waals surface area contributed by atoms with Gasteiger partial charge in [-0.3, -0.25) is 4.79 Å². The highest BCUT2D eigenvalue weighted by Crippen LogP contribution is 2.35. The van der Waals surface area contributed by atoms with Gasteiger partial charge in [0, 0.05) is 12.1 Å². The zero-order valence-corrected chi connectivity index (χ0v) is 19.0. The molecule has 0 saturated carbocycles. The largest absolute Gasteiger partial charge is 0.507 e. The van der Waals surface area contributed by atoms with Crippen molar-refractivity contribution in [1.29, 1.82) is 0 Å². The first-order chi connectivity index (χ1) is 16.5. The molecule has 196 valence electrons. The van der Waals surface area contributed by atoms with Crippen LogP contribution in [0.3, 0.4) is 0 Å². The Kier molecular flexibility index (Phi) is 8.69. The molecule has 13 nitrogen and oxygen atoms in total. The Balaban J connectivity index is 1.73. The standard InChI is InChI=1S/C22H30O13/c1-4-10(23)14-11(24)5-9(6-12(14)31-3)34-22-20(30)18(28)16(26)13(35-22)7-32-21-19(29)17(27)15(25)8(2)33-21/h4-6,8,13,15-22,24-30H,1,7H2,2-3H3/t8-,13-,15-,16-,17+,18+,19+,20-,21+,22-/m1/s1. The van der Waals surface area contributed by atoms with E-state index in [0.717, 1.165) is 12.1 Å². The Morgan fingerprint density at radius 1 is 0.971 bits per heavy atom. The smallest absolute Gasteiger partial charge is 0.229 e. The number of ketones is 1. The highest BCUT2D eigenvalue weighted by Gasteiger charge is 2.47. The first-order valence-corrected chi connectivity index (χ1v) is 10.8. The summed E-state index contributed by atoms with van der Waals surface area (Å²) in [6, 6.07) is 2.31. The summed E-state index contributed by atoms with van der Waals surface area (Å²) in [5.74, 6) is -1.23. The highest BCUT2D eigenvalue weighted by atomic mass is 16.7. The van der Waals surface area contributed by atoms with Crippen LogP contribution in [0.25, 0.3) is 0 Å². The summed E-state index contributed by atoms with van der Waals surface area (Å²) in [5.41, 5.74) is -0.158. The Bertz CT molecular complexity index is 908. The number of phenolic OH excluding ortho intramolecular Hbond substituents is 1. The van der Waals surface area contributed by atoms with E-state index >= 15 is 0 Å². The molecule has 2 saturated heterocycles. The Hall–Kier alpha value is -2.33. The van der Waals surface area contributed by atoms with Gasteiger partial charge in [0.15, 0.2) is 12.1 Å². The lowest BCUT2D eigenvalue weighted by molar-refractivity contribution is -0.318. The van der Waals surface area contributed by atoms with Crippen LogP contribution in [0.4, 0.5) is 0 Å². The number of hydrogen-bond donors (Lipinski definition) is 7. The molecule has 3 rings (SSSR count). The monoisotopic (exact) mass is 502 g/mol. The lowest BCUT2D eigenvalue weighted by atomic mass is 9.98. The van der Waals surface area contributed by atoms with Crippen LogP contribution in [0, 0.1) is 0 Å². The maximum absolute atomic E-state index is 12.0. The molecule has 1 aromatic carbocycles. The second-order valence-corrected chi connectivity index (χ2v) is 8.24. The molecule has 13 heteroatoms. The van der Waals surface area contributed by atoms with Gasteiger partial charge in [-0.15, -0.1) is 0 Å². The van der Waals surface area contributed by atoms with Gasteiger partial charge in [0.2, 0.25) is 6.29 Å². The highest BCUT2D eigenvalue weighted by molar-refractivity contribution is 6.08. The molecule has 10 atom stereocenters. The first kappa shape index (κ1) is 27.3. The fourth-order valence-corrected chi connectivity index (χ4v) is 3.78. The molecular formula is C22H30O13. The van der Waals surface area contributed by atoms with Crippen molar-refractivity contribution in [3.8, 4) is 17.2 Å². The molecule has 0 unspecified atom stereocenters. The number of aliphatic hydroxyl groups is 6. The van der Waals surface area contributed by atoms with Gasteiger partial charge in [-0.25, -0.2) is 0 Å². The number of allylic oxidation sites excluding steroid dienone is 1. The molecule has 2 fully saturated rings. The molecule has 0 aromatic heterocycles. The molecule has 7 N–H and O–H groups in total. The number of aliphatic hydroxyl groups excluding tert-OH is 6. The minimum Gasteiger partial charge on any atom is -0.507 e. The predicted molar refractivity (Wildman–Crippen MR) is 115 cm³/mol. The molecule has 2 heterocycles. The van der Waals surface area contributed by atoms with E-state index in [0.29, 0.717) is 0 Å². The Morgan fingerprint density at radius 3 is 2.23 bits per heavy atom. The normalized spacial score (nSPS) is 37.5. The third-order valence-corrected chi connectivity index (χ3v) is 5.86. The average molecular weight is 502 g/mol. The molecule has 0 spiro atoms. The van der Waals surface area contributed by atoms with Gasteiger partial charge in [0.1, 0.15) is 65.5 Å². The molecule has 1 aromatic rings. The van der Waals surface area contributed by atoms with E-state index in [1.54, 1.807) is 0 Å². The molecule has 35 heavy (non-hydrogen) atoms. The average Bonchev–Trinajstić information content (AvgIpc) is 2.84. The topological polar surface area (TPSA) is 205 Å². The lowest BCUT2D eigenvalue weighted by Crippen LogP contribution is -2.61. The van der Waals surface area contributed by atoms with Crippen molar-refractivity contribution in [2.75, 3.05) is 13.7 Å². The molecular weight excluding hydrogens is 472 g/mol. The van der Waals surface area contributed by atoms with Crippen LogP contribution in [0.5, 0.6) is 17.2 Å². The summed E-state index contributed by atoms with van der Waals surface area (Å²) in [6.07, 6.45) is -13.7. The number of phenols is 1. The number of hydrogen-bond acceptors (Lipinski definition) is 13. The van der Waals surface area contributed by atoms with Crippen molar-refractivity contribution in [3.63, 3.8) is 0 Å². The molecule has 0 aliphatic carbocycles. The van der Waals surface area contributed by atoms with Crippen LogP contribution in [0.2, 0.25) is 0 Å². The van der Waals surface area contributed by atoms with Gasteiger partial charge in [0.05, 0.1) is 19.8 Å².